The van der Waals surface area contributed by atoms with Crippen molar-refractivity contribution in [3.63, 3.8) is 0 Å². The van der Waals surface area contributed by atoms with Gasteiger partial charge in [-0.2, -0.15) is 0 Å². The van der Waals surface area contributed by atoms with Crippen molar-refractivity contribution in [1.82, 2.24) is 0 Å². The summed E-state index contributed by atoms with van der Waals surface area (Å²) in [5.41, 5.74) is 1.97. The molecule has 2 rings (SSSR count). The molecule has 1 saturated carbocycles. The lowest BCUT2D eigenvalue weighted by Gasteiger charge is -1.99. The third kappa shape index (κ3) is 1.63. The summed E-state index contributed by atoms with van der Waals surface area (Å²) < 4.78 is 0. The van der Waals surface area contributed by atoms with Gasteiger partial charge in [0.1, 0.15) is 0 Å². The van der Waals surface area contributed by atoms with Gasteiger partial charge in [0.25, 0.3) is 0 Å². The largest absolute Gasteiger partial charge is 0.294 e. The molecule has 1 fully saturated rings. The van der Waals surface area contributed by atoms with Crippen LogP contribution in [0, 0.1) is 5.92 Å². The van der Waals surface area contributed by atoms with Gasteiger partial charge in [-0.25, -0.2) is 0 Å². The van der Waals surface area contributed by atoms with E-state index in [0.29, 0.717) is 11.5 Å². The van der Waals surface area contributed by atoms with Crippen LogP contribution in [0.3, 0.4) is 0 Å². The maximum atomic E-state index is 11.6. The molecule has 1 aliphatic rings. The molecule has 0 amide bonds. The van der Waals surface area contributed by atoms with Crippen LogP contribution < -0.4 is 0 Å². The van der Waals surface area contributed by atoms with Crippen molar-refractivity contribution < 1.29 is 4.79 Å². The summed E-state index contributed by atoms with van der Waals surface area (Å²) in [7, 11) is 0. The lowest BCUT2D eigenvalue weighted by Crippen LogP contribution is -2.02. The van der Waals surface area contributed by atoms with E-state index in [1.54, 1.807) is 6.92 Å². The molecule has 0 N–H and O–H groups in total. The molecule has 0 radical (unpaired) electrons. The number of benzene rings is 1. The second kappa shape index (κ2) is 3.41. The van der Waals surface area contributed by atoms with E-state index in [2.05, 4.69) is 18.7 Å². The number of Topliss-reactive ketones (excluding diaryl/α,β-unsaturated/α-hetero) is 1. The zero-order valence-corrected chi connectivity index (χ0v) is 8.36. The summed E-state index contributed by atoms with van der Waals surface area (Å²) in [5, 5.41) is 0. The Morgan fingerprint density at radius 2 is 2.00 bits per heavy atom. The van der Waals surface area contributed by atoms with Gasteiger partial charge in [0, 0.05) is 5.92 Å². The number of ketones is 1. The highest BCUT2D eigenvalue weighted by Gasteiger charge is 2.43. The van der Waals surface area contributed by atoms with Gasteiger partial charge < -0.3 is 0 Å². The van der Waals surface area contributed by atoms with Gasteiger partial charge in [0.05, 0.1) is 0 Å². The van der Waals surface area contributed by atoms with Crippen molar-refractivity contribution in [3.05, 3.63) is 48.0 Å². The topological polar surface area (TPSA) is 17.1 Å². The van der Waals surface area contributed by atoms with Crippen LogP contribution in [-0.2, 0) is 4.79 Å². The highest BCUT2D eigenvalue weighted by Crippen LogP contribution is 2.48. The molecule has 0 aliphatic heterocycles. The molecule has 1 nitrogen and oxygen atoms in total. The number of carbonyl (C=O) groups is 1. The summed E-state index contributed by atoms with van der Waals surface area (Å²) in [5.74, 6) is 0.883. The molecule has 14 heavy (non-hydrogen) atoms. The van der Waals surface area contributed by atoms with Crippen LogP contribution in [0.4, 0.5) is 0 Å². The predicted octanol–water partition coefficient (Wildman–Crippen LogP) is 2.94. The van der Waals surface area contributed by atoms with Crippen molar-refractivity contribution >= 4 is 5.78 Å². The highest BCUT2D eigenvalue weighted by molar-refractivity contribution is 5.98. The molecular weight excluding hydrogens is 172 g/mol. The van der Waals surface area contributed by atoms with Gasteiger partial charge in [0.15, 0.2) is 5.78 Å². The van der Waals surface area contributed by atoms with Gasteiger partial charge in [-0.15, -0.1) is 0 Å². The third-order valence-electron chi connectivity index (χ3n) is 2.78. The molecule has 0 unspecified atom stereocenters. The Morgan fingerprint density at radius 1 is 1.36 bits per heavy atom. The fraction of sp³-hybridized carbons (Fsp3) is 0.308. The first-order valence-corrected chi connectivity index (χ1v) is 4.95. The molecule has 0 spiro atoms. The van der Waals surface area contributed by atoms with E-state index in [9.17, 15) is 4.79 Å². The van der Waals surface area contributed by atoms with E-state index in [4.69, 9.17) is 0 Å². The number of rotatable bonds is 3. The minimum Gasteiger partial charge on any atom is -0.294 e. The average molecular weight is 186 g/mol. The van der Waals surface area contributed by atoms with Gasteiger partial charge in [0.2, 0.25) is 0 Å². The second-order valence-electron chi connectivity index (χ2n) is 4.00. The third-order valence-corrected chi connectivity index (χ3v) is 2.78. The Kier molecular flexibility index (Phi) is 2.24. The maximum absolute atomic E-state index is 11.6. The van der Waals surface area contributed by atoms with Crippen LogP contribution in [0.1, 0.15) is 24.8 Å². The van der Waals surface area contributed by atoms with Crippen molar-refractivity contribution in [3.8, 4) is 0 Å². The molecule has 0 heterocycles. The lowest BCUT2D eigenvalue weighted by molar-refractivity contribution is -0.116. The fourth-order valence-corrected chi connectivity index (χ4v) is 1.87. The zero-order chi connectivity index (χ0) is 10.1. The first-order valence-electron chi connectivity index (χ1n) is 4.95. The first kappa shape index (κ1) is 9.20. The standard InChI is InChI=1S/C13H14O/c1-9(2)13(14)12-8-11(12)10-6-4-3-5-7-10/h3-7,11-12H,1,8H2,2H3/t11-,12+/m0/s1. The minimum absolute atomic E-state index is 0.204. The van der Waals surface area contributed by atoms with E-state index < -0.39 is 0 Å². The van der Waals surface area contributed by atoms with Crippen LogP contribution >= 0.6 is 0 Å². The number of carbonyl (C=O) groups excluding carboxylic acids is 1. The quantitative estimate of drug-likeness (QED) is 0.663. The molecule has 0 aromatic heterocycles. The van der Waals surface area contributed by atoms with Crippen LogP contribution in [-0.4, -0.2) is 5.78 Å². The zero-order valence-electron chi connectivity index (χ0n) is 8.36. The van der Waals surface area contributed by atoms with Gasteiger partial charge in [-0.05, 0) is 30.4 Å². The van der Waals surface area contributed by atoms with Crippen molar-refractivity contribution in [2.24, 2.45) is 5.92 Å². The number of hydrogen-bond donors (Lipinski definition) is 0. The maximum Gasteiger partial charge on any atom is 0.161 e. The molecular formula is C13H14O. The smallest absolute Gasteiger partial charge is 0.161 e. The number of allylic oxidation sites excluding steroid dienone is 1. The molecule has 0 saturated heterocycles. The molecule has 1 aromatic rings. The fourth-order valence-electron chi connectivity index (χ4n) is 1.87. The van der Waals surface area contributed by atoms with Crippen LogP contribution in [0.2, 0.25) is 0 Å². The van der Waals surface area contributed by atoms with E-state index >= 15 is 0 Å². The normalized spacial score (nSPS) is 24.4. The molecule has 72 valence electrons. The molecule has 1 aliphatic carbocycles. The summed E-state index contributed by atoms with van der Waals surface area (Å²) >= 11 is 0. The van der Waals surface area contributed by atoms with Gasteiger partial charge >= 0.3 is 0 Å². The van der Waals surface area contributed by atoms with E-state index in [1.807, 2.05) is 18.2 Å². The highest BCUT2D eigenvalue weighted by atomic mass is 16.1. The van der Waals surface area contributed by atoms with E-state index in [-0.39, 0.29) is 11.7 Å². The van der Waals surface area contributed by atoms with Gasteiger partial charge in [-0.1, -0.05) is 36.9 Å². The SMILES string of the molecule is C=C(C)C(=O)[C@@H]1C[C@H]1c1ccccc1. The van der Waals surface area contributed by atoms with E-state index in [1.165, 1.54) is 5.56 Å². The Bertz CT molecular complexity index is 364. The minimum atomic E-state index is 0.204. The van der Waals surface area contributed by atoms with Gasteiger partial charge in [-0.3, -0.25) is 4.79 Å². The Hall–Kier alpha value is -1.37. The number of hydrogen-bond acceptors (Lipinski definition) is 1. The van der Waals surface area contributed by atoms with Crippen LogP contribution in [0.25, 0.3) is 0 Å². The first-order chi connectivity index (χ1) is 6.70. The molecule has 0 bridgehead atoms. The Morgan fingerprint density at radius 3 is 2.57 bits per heavy atom. The Labute approximate surface area is 84.5 Å². The van der Waals surface area contributed by atoms with Crippen molar-refractivity contribution in [2.45, 2.75) is 19.3 Å². The predicted molar refractivity (Wildman–Crippen MR) is 57.1 cm³/mol. The van der Waals surface area contributed by atoms with Crippen LogP contribution in [0.15, 0.2) is 42.5 Å². The summed E-state index contributed by atoms with van der Waals surface area (Å²) in [4.78, 5) is 11.6. The Balaban J connectivity index is 2.07. The van der Waals surface area contributed by atoms with E-state index in [0.717, 1.165) is 6.42 Å². The average Bonchev–Trinajstić information content (AvgIpc) is 2.97. The summed E-state index contributed by atoms with van der Waals surface area (Å²) in [6, 6.07) is 10.2. The van der Waals surface area contributed by atoms with Crippen molar-refractivity contribution in [2.75, 3.05) is 0 Å². The van der Waals surface area contributed by atoms with Crippen LogP contribution in [0.5, 0.6) is 0 Å². The molecule has 1 heteroatoms. The summed E-state index contributed by atoms with van der Waals surface area (Å²) in [6.07, 6.45) is 0.996. The monoisotopic (exact) mass is 186 g/mol. The molecule has 1 aromatic carbocycles. The lowest BCUT2D eigenvalue weighted by atomic mass is 10.1. The molecule has 2 atom stereocenters. The summed E-state index contributed by atoms with van der Waals surface area (Å²) in [6.45, 7) is 5.49. The second-order valence-corrected chi connectivity index (χ2v) is 4.00. The van der Waals surface area contributed by atoms with Crippen molar-refractivity contribution in [1.29, 1.82) is 0 Å².